The Bertz CT molecular complexity index is 845. The molecule has 6 nitrogen and oxygen atoms in total. The minimum absolute atomic E-state index is 0.0222. The Labute approximate surface area is 167 Å². The molecule has 0 spiro atoms. The fourth-order valence-corrected chi connectivity index (χ4v) is 3.40. The molecule has 27 heavy (non-hydrogen) atoms. The third-order valence-corrected chi connectivity index (χ3v) is 4.81. The summed E-state index contributed by atoms with van der Waals surface area (Å²) in [6, 6.07) is 17.2. The summed E-state index contributed by atoms with van der Waals surface area (Å²) in [5.74, 6) is 1.99. The van der Waals surface area contributed by atoms with Crippen LogP contribution in [0.1, 0.15) is 5.82 Å². The van der Waals surface area contributed by atoms with E-state index in [9.17, 15) is 0 Å². The Morgan fingerprint density at radius 1 is 1.00 bits per heavy atom. The normalized spacial score (nSPS) is 10.9. The molecule has 0 unspecified atom stereocenters. The first-order chi connectivity index (χ1) is 13.3. The number of thioether (sulfide) groups is 1. The van der Waals surface area contributed by atoms with Crippen molar-refractivity contribution in [1.82, 2.24) is 14.8 Å². The standard InChI is InChI=1S/C19H20ClN3O3S/c20-16-8-4-5-9-17(16)26-14-18-21-22-19(27-13-12-25-11-10-24)23(18)15-6-2-1-3-7-15/h1-9,24H,10-14H2. The molecule has 2 aromatic carbocycles. The zero-order valence-electron chi connectivity index (χ0n) is 14.6. The summed E-state index contributed by atoms with van der Waals surface area (Å²) >= 11 is 7.70. The summed E-state index contributed by atoms with van der Waals surface area (Å²) in [6.07, 6.45) is 0. The summed E-state index contributed by atoms with van der Waals surface area (Å²) in [5, 5.41) is 18.7. The first-order valence-electron chi connectivity index (χ1n) is 8.48. The Morgan fingerprint density at radius 2 is 1.78 bits per heavy atom. The first kappa shape index (κ1) is 19.7. The molecule has 0 bridgehead atoms. The predicted molar refractivity (Wildman–Crippen MR) is 106 cm³/mol. The predicted octanol–water partition coefficient (Wildman–Crippen LogP) is 3.60. The van der Waals surface area contributed by atoms with E-state index in [-0.39, 0.29) is 13.2 Å². The van der Waals surface area contributed by atoms with Crippen LogP contribution in [0.25, 0.3) is 5.69 Å². The maximum absolute atomic E-state index is 8.77. The lowest BCUT2D eigenvalue weighted by Crippen LogP contribution is -2.07. The van der Waals surface area contributed by atoms with E-state index in [1.54, 1.807) is 6.07 Å². The van der Waals surface area contributed by atoms with Crippen LogP contribution in [-0.2, 0) is 11.3 Å². The second-order valence-electron chi connectivity index (χ2n) is 5.47. The van der Waals surface area contributed by atoms with Gasteiger partial charge in [0.05, 0.1) is 24.8 Å². The van der Waals surface area contributed by atoms with Crippen LogP contribution in [-0.4, -0.2) is 45.4 Å². The number of nitrogens with zero attached hydrogens (tertiary/aromatic N) is 3. The molecule has 1 heterocycles. The molecular formula is C19H20ClN3O3S. The van der Waals surface area contributed by atoms with Gasteiger partial charge in [-0.25, -0.2) is 0 Å². The van der Waals surface area contributed by atoms with Crippen molar-refractivity contribution < 1.29 is 14.6 Å². The number of benzene rings is 2. The number of aliphatic hydroxyl groups is 1. The smallest absolute Gasteiger partial charge is 0.196 e. The van der Waals surface area contributed by atoms with Crippen molar-refractivity contribution in [2.45, 2.75) is 11.8 Å². The first-order valence-corrected chi connectivity index (χ1v) is 9.84. The van der Waals surface area contributed by atoms with E-state index in [0.717, 1.165) is 10.8 Å². The maximum Gasteiger partial charge on any atom is 0.196 e. The number of ether oxygens (including phenoxy) is 2. The molecular weight excluding hydrogens is 386 g/mol. The fraction of sp³-hybridized carbons (Fsp3) is 0.263. The van der Waals surface area contributed by atoms with Crippen LogP contribution >= 0.6 is 23.4 Å². The third-order valence-electron chi connectivity index (χ3n) is 3.60. The van der Waals surface area contributed by atoms with E-state index in [1.165, 1.54) is 11.8 Å². The maximum atomic E-state index is 8.77. The van der Waals surface area contributed by atoms with Crippen molar-refractivity contribution in [3.05, 3.63) is 65.4 Å². The van der Waals surface area contributed by atoms with Crippen LogP contribution in [0.2, 0.25) is 5.02 Å². The van der Waals surface area contributed by atoms with Crippen molar-refractivity contribution in [3.8, 4) is 11.4 Å². The number of hydrogen-bond acceptors (Lipinski definition) is 6. The molecule has 0 atom stereocenters. The molecule has 0 aliphatic rings. The molecule has 142 valence electrons. The van der Waals surface area contributed by atoms with Crippen LogP contribution < -0.4 is 4.74 Å². The van der Waals surface area contributed by atoms with Gasteiger partial charge in [-0.2, -0.15) is 0 Å². The van der Waals surface area contributed by atoms with Gasteiger partial charge < -0.3 is 14.6 Å². The Balaban J connectivity index is 1.76. The van der Waals surface area contributed by atoms with Crippen LogP contribution in [0.3, 0.4) is 0 Å². The Hall–Kier alpha value is -2.06. The molecule has 0 saturated carbocycles. The third kappa shape index (κ3) is 5.46. The highest BCUT2D eigenvalue weighted by atomic mass is 35.5. The molecule has 3 rings (SSSR count). The monoisotopic (exact) mass is 405 g/mol. The molecule has 1 aromatic heterocycles. The van der Waals surface area contributed by atoms with E-state index in [4.69, 9.17) is 26.2 Å². The average Bonchev–Trinajstić information content (AvgIpc) is 3.10. The summed E-state index contributed by atoms with van der Waals surface area (Å²) in [4.78, 5) is 0. The van der Waals surface area contributed by atoms with Crippen molar-refractivity contribution >= 4 is 23.4 Å². The van der Waals surface area contributed by atoms with Gasteiger partial charge in [0.2, 0.25) is 0 Å². The van der Waals surface area contributed by atoms with Gasteiger partial charge in [-0.05, 0) is 24.3 Å². The van der Waals surface area contributed by atoms with Gasteiger partial charge >= 0.3 is 0 Å². The Morgan fingerprint density at radius 3 is 2.56 bits per heavy atom. The molecule has 0 fully saturated rings. The van der Waals surface area contributed by atoms with E-state index >= 15 is 0 Å². The van der Waals surface area contributed by atoms with E-state index < -0.39 is 0 Å². The van der Waals surface area contributed by atoms with Gasteiger partial charge in [0.25, 0.3) is 0 Å². The lowest BCUT2D eigenvalue weighted by molar-refractivity contribution is 0.103. The number of rotatable bonds is 10. The van der Waals surface area contributed by atoms with Gasteiger partial charge in [-0.15, -0.1) is 10.2 Å². The molecule has 0 aliphatic carbocycles. The van der Waals surface area contributed by atoms with Gasteiger partial charge in [0.1, 0.15) is 12.4 Å². The molecule has 1 N–H and O–H groups in total. The van der Waals surface area contributed by atoms with Crippen molar-refractivity contribution in [1.29, 1.82) is 0 Å². The van der Waals surface area contributed by atoms with Gasteiger partial charge in [0.15, 0.2) is 11.0 Å². The van der Waals surface area contributed by atoms with E-state index in [1.807, 2.05) is 53.1 Å². The number of hydrogen-bond donors (Lipinski definition) is 1. The topological polar surface area (TPSA) is 69.4 Å². The summed E-state index contributed by atoms with van der Waals surface area (Å²) in [6.45, 7) is 1.13. The largest absolute Gasteiger partial charge is 0.484 e. The molecule has 0 radical (unpaired) electrons. The van der Waals surface area contributed by atoms with Crippen molar-refractivity contribution in [3.63, 3.8) is 0 Å². The van der Waals surface area contributed by atoms with E-state index in [2.05, 4.69) is 10.2 Å². The molecule has 0 aliphatic heterocycles. The van der Waals surface area contributed by atoms with Gasteiger partial charge in [0, 0.05) is 11.4 Å². The van der Waals surface area contributed by atoms with Gasteiger partial charge in [-0.3, -0.25) is 4.57 Å². The van der Waals surface area contributed by atoms with E-state index in [0.29, 0.717) is 35.6 Å². The fourth-order valence-electron chi connectivity index (χ4n) is 2.39. The lowest BCUT2D eigenvalue weighted by atomic mass is 10.3. The molecule has 3 aromatic rings. The second kappa shape index (κ2) is 10.3. The van der Waals surface area contributed by atoms with Crippen LogP contribution in [0.15, 0.2) is 59.8 Å². The van der Waals surface area contributed by atoms with Crippen molar-refractivity contribution in [2.75, 3.05) is 25.6 Å². The van der Waals surface area contributed by atoms with Crippen LogP contribution in [0.5, 0.6) is 5.75 Å². The lowest BCUT2D eigenvalue weighted by Gasteiger charge is -2.11. The van der Waals surface area contributed by atoms with Crippen LogP contribution in [0.4, 0.5) is 0 Å². The molecule has 8 heteroatoms. The number of aromatic nitrogens is 3. The summed E-state index contributed by atoms with van der Waals surface area (Å²) in [7, 11) is 0. The zero-order chi connectivity index (χ0) is 18.9. The van der Waals surface area contributed by atoms with Crippen LogP contribution in [0, 0.1) is 0 Å². The second-order valence-corrected chi connectivity index (χ2v) is 6.94. The molecule has 0 saturated heterocycles. The number of para-hydroxylation sites is 2. The quantitative estimate of drug-likeness (QED) is 0.410. The highest BCUT2D eigenvalue weighted by Gasteiger charge is 2.15. The summed E-state index contributed by atoms with van der Waals surface area (Å²) in [5.41, 5.74) is 0.957. The average molecular weight is 406 g/mol. The minimum Gasteiger partial charge on any atom is -0.484 e. The number of aliphatic hydroxyl groups excluding tert-OH is 1. The SMILES string of the molecule is OCCOCCSc1nnc(COc2ccccc2Cl)n1-c1ccccc1. The molecule has 0 amide bonds. The van der Waals surface area contributed by atoms with Gasteiger partial charge in [-0.1, -0.05) is 53.7 Å². The Kier molecular flexibility index (Phi) is 7.53. The van der Waals surface area contributed by atoms with Crippen molar-refractivity contribution in [2.24, 2.45) is 0 Å². The highest BCUT2D eigenvalue weighted by Crippen LogP contribution is 2.26. The minimum atomic E-state index is 0.0222. The zero-order valence-corrected chi connectivity index (χ0v) is 16.2. The number of halogens is 1. The highest BCUT2D eigenvalue weighted by molar-refractivity contribution is 7.99. The summed E-state index contributed by atoms with van der Waals surface area (Å²) < 4.78 is 13.1.